The number of aromatic amines is 1. The molecule has 2 heterocycles. The third kappa shape index (κ3) is 1.52. The lowest BCUT2D eigenvalue weighted by molar-refractivity contribution is 0.710. The predicted octanol–water partition coefficient (Wildman–Crippen LogP) is 1.94. The fourth-order valence-corrected chi connectivity index (χ4v) is 2.34. The molecular weight excluding hydrogens is 212 g/mol. The number of aryl methyl sites for hydroxylation is 1. The zero-order chi connectivity index (χ0) is 12.0. The van der Waals surface area contributed by atoms with Crippen molar-refractivity contribution in [2.75, 3.05) is 0 Å². The Balaban J connectivity index is 2.26. The molecule has 0 aliphatic heterocycles. The molecule has 3 N–H and O–H groups in total. The second kappa shape index (κ2) is 3.60. The van der Waals surface area contributed by atoms with Crippen molar-refractivity contribution < 1.29 is 0 Å². The maximum Gasteiger partial charge on any atom is 0.159 e. The largest absolute Gasteiger partial charge is 0.340 e. The van der Waals surface area contributed by atoms with Crippen LogP contribution in [0.25, 0.3) is 22.1 Å². The molecule has 0 aliphatic rings. The first-order chi connectivity index (χ1) is 8.16. The van der Waals surface area contributed by atoms with Crippen LogP contribution in [0, 0.1) is 0 Å². The minimum Gasteiger partial charge on any atom is -0.340 e. The first kappa shape index (κ1) is 10.4. The monoisotopic (exact) mass is 228 g/mol. The van der Waals surface area contributed by atoms with Crippen molar-refractivity contribution in [2.45, 2.75) is 19.4 Å². The van der Waals surface area contributed by atoms with E-state index >= 15 is 0 Å². The number of rotatable bonds is 2. The van der Waals surface area contributed by atoms with Crippen LogP contribution in [0.15, 0.2) is 24.3 Å². The molecule has 0 spiro atoms. The van der Waals surface area contributed by atoms with Crippen molar-refractivity contribution in [3.63, 3.8) is 0 Å². The van der Waals surface area contributed by atoms with Gasteiger partial charge in [0.2, 0.25) is 0 Å². The highest BCUT2D eigenvalue weighted by molar-refractivity contribution is 6.04. The molecule has 0 bridgehead atoms. The molecule has 0 radical (unpaired) electrons. The van der Waals surface area contributed by atoms with Gasteiger partial charge in [-0.25, -0.2) is 4.98 Å². The molecule has 1 aromatic carbocycles. The van der Waals surface area contributed by atoms with Crippen molar-refractivity contribution in [1.29, 1.82) is 0 Å². The summed E-state index contributed by atoms with van der Waals surface area (Å²) in [5.74, 6) is 0.964. The van der Waals surface area contributed by atoms with Gasteiger partial charge in [0.15, 0.2) is 5.65 Å². The van der Waals surface area contributed by atoms with Crippen LogP contribution in [-0.4, -0.2) is 20.6 Å². The van der Waals surface area contributed by atoms with E-state index < -0.39 is 0 Å². The summed E-state index contributed by atoms with van der Waals surface area (Å²) in [6, 6.07) is 8.45. The number of benzene rings is 1. The molecule has 1 atom stereocenters. The summed E-state index contributed by atoms with van der Waals surface area (Å²) in [7, 11) is 2.04. The lowest BCUT2D eigenvalue weighted by Gasteiger charge is -2.00. The maximum atomic E-state index is 5.80. The van der Waals surface area contributed by atoms with Crippen molar-refractivity contribution >= 4 is 22.1 Å². The number of imidazole rings is 1. The predicted molar refractivity (Wildman–Crippen MR) is 69.9 cm³/mol. The van der Waals surface area contributed by atoms with E-state index in [0.29, 0.717) is 0 Å². The lowest BCUT2D eigenvalue weighted by atomic mass is 10.2. The first-order valence-electron chi connectivity index (χ1n) is 5.84. The van der Waals surface area contributed by atoms with Crippen LogP contribution in [0.1, 0.15) is 12.7 Å². The van der Waals surface area contributed by atoms with E-state index in [1.165, 1.54) is 10.9 Å². The molecule has 88 valence electrons. The molecule has 17 heavy (non-hydrogen) atoms. The number of aromatic nitrogens is 3. The third-order valence-corrected chi connectivity index (χ3v) is 3.10. The smallest absolute Gasteiger partial charge is 0.159 e. The average molecular weight is 228 g/mol. The Morgan fingerprint density at radius 2 is 2.18 bits per heavy atom. The Hall–Kier alpha value is -1.81. The second-order valence-electron chi connectivity index (χ2n) is 4.64. The van der Waals surface area contributed by atoms with Gasteiger partial charge in [0.05, 0.1) is 11.0 Å². The zero-order valence-corrected chi connectivity index (χ0v) is 10.1. The van der Waals surface area contributed by atoms with E-state index in [0.717, 1.165) is 23.4 Å². The van der Waals surface area contributed by atoms with Crippen LogP contribution < -0.4 is 5.73 Å². The molecule has 3 aromatic rings. The number of fused-ring (bicyclic) bond motifs is 3. The van der Waals surface area contributed by atoms with Crippen molar-refractivity contribution in [2.24, 2.45) is 12.8 Å². The number of para-hydroxylation sites is 1. The summed E-state index contributed by atoms with van der Waals surface area (Å²) in [4.78, 5) is 8.00. The molecule has 0 saturated carbocycles. The number of H-pyrrole nitrogens is 1. The van der Waals surface area contributed by atoms with Crippen LogP contribution in [-0.2, 0) is 13.5 Å². The molecule has 1 unspecified atom stereocenters. The fourth-order valence-electron chi connectivity index (χ4n) is 2.34. The Morgan fingerprint density at radius 1 is 1.41 bits per heavy atom. The lowest BCUT2D eigenvalue weighted by Crippen LogP contribution is -2.18. The number of hydrogen-bond donors (Lipinski definition) is 2. The van der Waals surface area contributed by atoms with Gasteiger partial charge in [-0.1, -0.05) is 18.2 Å². The molecule has 0 amide bonds. The highest BCUT2D eigenvalue weighted by Crippen LogP contribution is 2.25. The van der Waals surface area contributed by atoms with Gasteiger partial charge in [-0.05, 0) is 13.0 Å². The molecule has 4 heteroatoms. The standard InChI is InChI=1S/C13H16N4/c1-8(14)7-11-15-12-9-5-3-4-6-10(9)17(2)13(12)16-11/h3-6,8H,7,14H2,1-2H3,(H,15,16). The SMILES string of the molecule is CC(N)Cc1nc2c([nH]1)c1ccccc1n2C. The van der Waals surface area contributed by atoms with Crippen LogP contribution >= 0.6 is 0 Å². The van der Waals surface area contributed by atoms with E-state index in [4.69, 9.17) is 5.73 Å². The summed E-state index contributed by atoms with van der Waals surface area (Å²) in [6.07, 6.45) is 0.781. The van der Waals surface area contributed by atoms with Crippen molar-refractivity contribution in [3.05, 3.63) is 30.1 Å². The molecule has 0 saturated heterocycles. The summed E-state index contributed by atoms with van der Waals surface area (Å²) in [5, 5.41) is 1.22. The Kier molecular flexibility index (Phi) is 2.19. The summed E-state index contributed by atoms with van der Waals surface area (Å²) in [5.41, 5.74) is 9.11. The summed E-state index contributed by atoms with van der Waals surface area (Å²) < 4.78 is 2.12. The van der Waals surface area contributed by atoms with Crippen LogP contribution in [0.5, 0.6) is 0 Å². The number of nitrogens with one attached hydrogen (secondary N) is 1. The van der Waals surface area contributed by atoms with Gasteiger partial charge >= 0.3 is 0 Å². The van der Waals surface area contributed by atoms with Gasteiger partial charge in [0.1, 0.15) is 5.82 Å². The van der Waals surface area contributed by atoms with Crippen LogP contribution in [0.4, 0.5) is 0 Å². The molecule has 0 fully saturated rings. The highest BCUT2D eigenvalue weighted by Gasteiger charge is 2.12. The van der Waals surface area contributed by atoms with Crippen LogP contribution in [0.3, 0.4) is 0 Å². The molecular formula is C13H16N4. The van der Waals surface area contributed by atoms with Crippen molar-refractivity contribution in [3.8, 4) is 0 Å². The van der Waals surface area contributed by atoms with E-state index in [1.54, 1.807) is 0 Å². The molecule has 4 nitrogen and oxygen atoms in total. The van der Waals surface area contributed by atoms with E-state index in [-0.39, 0.29) is 6.04 Å². The second-order valence-corrected chi connectivity index (χ2v) is 4.64. The van der Waals surface area contributed by atoms with Crippen molar-refractivity contribution in [1.82, 2.24) is 14.5 Å². The van der Waals surface area contributed by atoms with Crippen LogP contribution in [0.2, 0.25) is 0 Å². The van der Waals surface area contributed by atoms with Gasteiger partial charge in [0.25, 0.3) is 0 Å². The topological polar surface area (TPSA) is 59.6 Å². The van der Waals surface area contributed by atoms with Gasteiger partial charge in [-0.2, -0.15) is 0 Å². The van der Waals surface area contributed by atoms with E-state index in [2.05, 4.69) is 26.7 Å². The number of nitrogens with two attached hydrogens (primary N) is 1. The van der Waals surface area contributed by atoms with Gasteiger partial charge < -0.3 is 15.3 Å². The molecule has 3 rings (SSSR count). The van der Waals surface area contributed by atoms with E-state index in [1.807, 2.05) is 26.1 Å². The van der Waals surface area contributed by atoms with Gasteiger partial charge in [0, 0.05) is 24.9 Å². The van der Waals surface area contributed by atoms with Gasteiger partial charge in [-0.3, -0.25) is 0 Å². The maximum absolute atomic E-state index is 5.80. The number of hydrogen-bond acceptors (Lipinski definition) is 2. The van der Waals surface area contributed by atoms with Gasteiger partial charge in [-0.15, -0.1) is 0 Å². The molecule has 0 aliphatic carbocycles. The van der Waals surface area contributed by atoms with E-state index in [9.17, 15) is 0 Å². The Morgan fingerprint density at radius 3 is 2.94 bits per heavy atom. The quantitative estimate of drug-likeness (QED) is 0.704. The first-order valence-corrected chi connectivity index (χ1v) is 5.84. The minimum atomic E-state index is 0.127. The highest BCUT2D eigenvalue weighted by atomic mass is 15.1. The Labute approximate surface area is 99.4 Å². The summed E-state index contributed by atoms with van der Waals surface area (Å²) >= 11 is 0. The summed E-state index contributed by atoms with van der Waals surface area (Å²) in [6.45, 7) is 1.99. The fraction of sp³-hybridized carbons (Fsp3) is 0.308. The average Bonchev–Trinajstić information content (AvgIpc) is 2.80. The Bertz CT molecular complexity index is 675. The molecule has 2 aromatic heterocycles. The third-order valence-electron chi connectivity index (χ3n) is 3.10. The number of nitrogens with zero attached hydrogens (tertiary/aromatic N) is 2. The minimum absolute atomic E-state index is 0.127. The normalized spacial score (nSPS) is 13.6. The zero-order valence-electron chi connectivity index (χ0n) is 10.1.